The van der Waals surface area contributed by atoms with Crippen LogP contribution in [0.25, 0.3) is 0 Å². The lowest BCUT2D eigenvalue weighted by Crippen LogP contribution is -2.50. The van der Waals surface area contributed by atoms with E-state index < -0.39 is 6.09 Å². The van der Waals surface area contributed by atoms with Gasteiger partial charge in [0, 0.05) is 24.9 Å². The van der Waals surface area contributed by atoms with Crippen LogP contribution in [-0.4, -0.2) is 37.1 Å². The average Bonchev–Trinajstić information content (AvgIpc) is 3.09. The molecule has 7 nitrogen and oxygen atoms in total. The molecule has 2 N–H and O–H groups in total. The van der Waals surface area contributed by atoms with Gasteiger partial charge in [-0.3, -0.25) is 4.84 Å². The third kappa shape index (κ3) is 4.03. The number of ether oxygens (including phenoxy) is 1. The van der Waals surface area contributed by atoms with Crippen LogP contribution in [0.2, 0.25) is 0 Å². The van der Waals surface area contributed by atoms with E-state index in [1.807, 2.05) is 13.8 Å². The fourth-order valence-corrected chi connectivity index (χ4v) is 7.28. The van der Waals surface area contributed by atoms with Gasteiger partial charge in [0.15, 0.2) is 0 Å². The number of carbonyl (C=O) groups excluding carboxylic acids is 2. The first-order valence-electron chi connectivity index (χ1n) is 12.5. The maximum absolute atomic E-state index is 11.9. The van der Waals surface area contributed by atoms with Crippen LogP contribution in [0.5, 0.6) is 0 Å². The molecule has 4 rings (SSSR count). The SMILES string of the molecule is CCNC(=O)O/N=C1\CCC2C3CC=C4CC(OC(=O)NCC)CCC4(C)C3CCC12C. The van der Waals surface area contributed by atoms with E-state index in [0.717, 1.165) is 50.7 Å². The molecule has 6 atom stereocenters. The Balaban J connectivity index is 1.47. The molecule has 32 heavy (non-hydrogen) atoms. The normalized spacial score (nSPS) is 39.2. The fourth-order valence-electron chi connectivity index (χ4n) is 7.28. The molecule has 7 heteroatoms. The highest BCUT2D eigenvalue weighted by molar-refractivity contribution is 5.92. The molecule has 0 saturated heterocycles. The zero-order chi connectivity index (χ0) is 22.9. The number of amides is 2. The molecule has 178 valence electrons. The molecule has 0 spiro atoms. The fraction of sp³-hybridized carbons (Fsp3) is 0.800. The second-order valence-corrected chi connectivity index (χ2v) is 10.5. The summed E-state index contributed by atoms with van der Waals surface area (Å²) in [6.45, 7) is 9.69. The Morgan fingerprint density at radius 2 is 1.72 bits per heavy atom. The Labute approximate surface area is 191 Å². The summed E-state index contributed by atoms with van der Waals surface area (Å²) in [5.74, 6) is 1.88. The van der Waals surface area contributed by atoms with Gasteiger partial charge in [0.25, 0.3) is 0 Å². The van der Waals surface area contributed by atoms with E-state index in [2.05, 4.69) is 35.7 Å². The molecule has 3 saturated carbocycles. The summed E-state index contributed by atoms with van der Waals surface area (Å²) in [5, 5.41) is 9.72. The molecule has 0 heterocycles. The molecule has 4 aliphatic carbocycles. The molecular weight excluding hydrogens is 406 g/mol. The quantitative estimate of drug-likeness (QED) is 0.355. The molecule has 3 fully saturated rings. The largest absolute Gasteiger partial charge is 0.446 e. The minimum Gasteiger partial charge on any atom is -0.446 e. The van der Waals surface area contributed by atoms with Gasteiger partial charge in [0.2, 0.25) is 0 Å². The second-order valence-electron chi connectivity index (χ2n) is 10.5. The molecule has 6 unspecified atom stereocenters. The van der Waals surface area contributed by atoms with Crippen LogP contribution in [0.3, 0.4) is 0 Å². The number of hydrogen-bond donors (Lipinski definition) is 2. The summed E-state index contributed by atoms with van der Waals surface area (Å²) in [6, 6.07) is 0. The van der Waals surface area contributed by atoms with E-state index in [1.54, 1.807) is 0 Å². The van der Waals surface area contributed by atoms with Crippen molar-refractivity contribution in [3.05, 3.63) is 11.6 Å². The Kier molecular flexibility index (Phi) is 6.55. The van der Waals surface area contributed by atoms with Crippen molar-refractivity contribution in [3.63, 3.8) is 0 Å². The van der Waals surface area contributed by atoms with Crippen LogP contribution in [0.1, 0.15) is 79.1 Å². The standard InChI is InChI=1S/C25H39N3O4/c1-5-26-22(29)31-17-11-13-24(3)16(15-17)7-8-18-19-9-10-21(28-32-23(30)27-6-2)25(19,4)14-12-20(18)24/h7,17-20H,5-6,8-15H2,1-4H3,(H,26,29)(H,27,30)/b28-21+. The summed E-state index contributed by atoms with van der Waals surface area (Å²) in [4.78, 5) is 28.8. The highest BCUT2D eigenvalue weighted by Crippen LogP contribution is 2.64. The molecule has 0 bridgehead atoms. The molecule has 2 amide bonds. The monoisotopic (exact) mass is 445 g/mol. The number of fused-ring (bicyclic) bond motifs is 5. The number of alkyl carbamates (subject to hydrolysis) is 1. The van der Waals surface area contributed by atoms with Gasteiger partial charge in [-0.05, 0) is 82.0 Å². The molecule has 0 aromatic heterocycles. The van der Waals surface area contributed by atoms with Crippen LogP contribution in [-0.2, 0) is 9.57 Å². The summed E-state index contributed by atoms with van der Waals surface area (Å²) < 4.78 is 5.67. The van der Waals surface area contributed by atoms with Crippen LogP contribution in [0.15, 0.2) is 16.8 Å². The Hall–Kier alpha value is -2.05. The van der Waals surface area contributed by atoms with Crippen molar-refractivity contribution in [2.45, 2.75) is 85.2 Å². The van der Waals surface area contributed by atoms with Crippen LogP contribution in [0.4, 0.5) is 9.59 Å². The Morgan fingerprint density at radius 3 is 2.47 bits per heavy atom. The Morgan fingerprint density at radius 1 is 1.03 bits per heavy atom. The lowest BCUT2D eigenvalue weighted by Gasteiger charge is -2.57. The van der Waals surface area contributed by atoms with E-state index >= 15 is 0 Å². The highest BCUT2D eigenvalue weighted by atomic mass is 16.7. The van der Waals surface area contributed by atoms with E-state index in [1.165, 1.54) is 12.0 Å². The predicted octanol–water partition coefficient (Wildman–Crippen LogP) is 5.17. The van der Waals surface area contributed by atoms with E-state index in [0.29, 0.717) is 30.8 Å². The molecule has 0 radical (unpaired) electrons. The first kappa shape index (κ1) is 23.1. The zero-order valence-electron chi connectivity index (χ0n) is 20.0. The smallest absolute Gasteiger partial charge is 0.433 e. The maximum Gasteiger partial charge on any atom is 0.433 e. The van der Waals surface area contributed by atoms with Crippen LogP contribution >= 0.6 is 0 Å². The molecule has 0 aliphatic heterocycles. The maximum atomic E-state index is 11.9. The van der Waals surface area contributed by atoms with Crippen molar-refractivity contribution >= 4 is 17.9 Å². The number of carbonyl (C=O) groups is 2. The van der Waals surface area contributed by atoms with Gasteiger partial charge in [0.05, 0.1) is 5.71 Å². The summed E-state index contributed by atoms with van der Waals surface area (Å²) in [7, 11) is 0. The van der Waals surface area contributed by atoms with Crippen LogP contribution < -0.4 is 10.6 Å². The molecule has 0 aromatic rings. The topological polar surface area (TPSA) is 89.0 Å². The number of allylic oxidation sites excluding steroid dienone is 1. The van der Waals surface area contributed by atoms with Gasteiger partial charge < -0.3 is 15.4 Å². The van der Waals surface area contributed by atoms with E-state index in [9.17, 15) is 9.59 Å². The third-order valence-electron chi connectivity index (χ3n) is 8.95. The van der Waals surface area contributed by atoms with Crippen molar-refractivity contribution in [1.82, 2.24) is 10.6 Å². The van der Waals surface area contributed by atoms with Crippen molar-refractivity contribution in [2.24, 2.45) is 33.7 Å². The summed E-state index contributed by atoms with van der Waals surface area (Å²) in [5.41, 5.74) is 2.77. The minimum atomic E-state index is -0.468. The average molecular weight is 446 g/mol. The predicted molar refractivity (Wildman–Crippen MR) is 123 cm³/mol. The lowest BCUT2D eigenvalue weighted by atomic mass is 9.48. The van der Waals surface area contributed by atoms with Crippen LogP contribution in [0, 0.1) is 28.6 Å². The van der Waals surface area contributed by atoms with Gasteiger partial charge in [-0.25, -0.2) is 9.59 Å². The third-order valence-corrected chi connectivity index (χ3v) is 8.95. The zero-order valence-corrected chi connectivity index (χ0v) is 20.0. The van der Waals surface area contributed by atoms with E-state index in [-0.39, 0.29) is 23.0 Å². The number of rotatable bonds is 4. The lowest BCUT2D eigenvalue weighted by molar-refractivity contribution is -0.0239. The van der Waals surface area contributed by atoms with Crippen molar-refractivity contribution in [2.75, 3.05) is 13.1 Å². The van der Waals surface area contributed by atoms with Crippen molar-refractivity contribution < 1.29 is 19.2 Å². The summed E-state index contributed by atoms with van der Waals surface area (Å²) >= 11 is 0. The van der Waals surface area contributed by atoms with Gasteiger partial charge in [-0.15, -0.1) is 0 Å². The second kappa shape index (κ2) is 9.06. The number of nitrogens with zero attached hydrogens (tertiary/aromatic N) is 1. The first-order chi connectivity index (χ1) is 15.3. The summed E-state index contributed by atoms with van der Waals surface area (Å²) in [6.07, 6.45) is 9.96. The minimum absolute atomic E-state index is 0.0112. The van der Waals surface area contributed by atoms with Crippen molar-refractivity contribution in [1.29, 1.82) is 0 Å². The molecule has 4 aliphatic rings. The number of nitrogens with one attached hydrogen (secondary N) is 2. The molecular formula is C25H39N3O4. The Bertz CT molecular complexity index is 809. The van der Waals surface area contributed by atoms with Gasteiger partial charge in [-0.1, -0.05) is 30.7 Å². The number of oxime groups is 1. The van der Waals surface area contributed by atoms with E-state index in [4.69, 9.17) is 9.57 Å². The van der Waals surface area contributed by atoms with Gasteiger partial charge in [0.1, 0.15) is 6.10 Å². The highest BCUT2D eigenvalue weighted by Gasteiger charge is 2.58. The van der Waals surface area contributed by atoms with Crippen molar-refractivity contribution in [3.8, 4) is 0 Å². The first-order valence-corrected chi connectivity index (χ1v) is 12.5. The molecule has 0 aromatic carbocycles. The van der Waals surface area contributed by atoms with Gasteiger partial charge >= 0.3 is 12.2 Å². The van der Waals surface area contributed by atoms with Gasteiger partial charge in [-0.2, -0.15) is 0 Å². The number of hydrogen-bond acceptors (Lipinski definition) is 5.